The highest BCUT2D eigenvalue weighted by molar-refractivity contribution is 5.88. The number of hydrogen-bond donors (Lipinski definition) is 1. The second-order valence-electron chi connectivity index (χ2n) is 2.86. The van der Waals surface area contributed by atoms with Crippen LogP contribution in [-0.2, 0) is 9.53 Å². The standard InChI is InChI=1S/C10H19NO2/c1-4-9(5-2)8(3)10(12)13-7-6-11/h4-7,11H2,1-3H3. The predicted octanol–water partition coefficient (Wildman–Crippen LogP) is 1.62. The Kier molecular flexibility index (Phi) is 6.24. The van der Waals surface area contributed by atoms with Gasteiger partial charge in [-0.25, -0.2) is 4.79 Å². The molecule has 0 heterocycles. The van der Waals surface area contributed by atoms with Crippen molar-refractivity contribution in [1.82, 2.24) is 0 Å². The first-order valence-electron chi connectivity index (χ1n) is 4.73. The summed E-state index contributed by atoms with van der Waals surface area (Å²) in [6, 6.07) is 0. The van der Waals surface area contributed by atoms with E-state index in [-0.39, 0.29) is 5.97 Å². The lowest BCUT2D eigenvalue weighted by atomic mass is 10.1. The summed E-state index contributed by atoms with van der Waals surface area (Å²) in [5, 5.41) is 0. The molecule has 13 heavy (non-hydrogen) atoms. The second kappa shape index (κ2) is 6.66. The van der Waals surface area contributed by atoms with E-state index in [2.05, 4.69) is 0 Å². The van der Waals surface area contributed by atoms with Crippen molar-refractivity contribution in [2.45, 2.75) is 33.6 Å². The van der Waals surface area contributed by atoms with E-state index in [9.17, 15) is 4.79 Å². The van der Waals surface area contributed by atoms with Gasteiger partial charge in [0, 0.05) is 12.1 Å². The lowest BCUT2D eigenvalue weighted by Crippen LogP contribution is -2.15. The van der Waals surface area contributed by atoms with Gasteiger partial charge in [-0.05, 0) is 19.8 Å². The highest BCUT2D eigenvalue weighted by Gasteiger charge is 2.08. The molecule has 0 unspecified atom stereocenters. The molecule has 0 atom stereocenters. The Morgan fingerprint density at radius 2 is 1.85 bits per heavy atom. The van der Waals surface area contributed by atoms with Gasteiger partial charge < -0.3 is 10.5 Å². The van der Waals surface area contributed by atoms with E-state index < -0.39 is 0 Å². The molecule has 0 aromatic heterocycles. The number of allylic oxidation sites excluding steroid dienone is 1. The zero-order chi connectivity index (χ0) is 10.3. The molecule has 0 aliphatic heterocycles. The van der Waals surface area contributed by atoms with E-state index in [1.807, 2.05) is 13.8 Å². The van der Waals surface area contributed by atoms with Gasteiger partial charge in [-0.15, -0.1) is 0 Å². The van der Waals surface area contributed by atoms with E-state index >= 15 is 0 Å². The van der Waals surface area contributed by atoms with Crippen LogP contribution in [0, 0.1) is 0 Å². The highest BCUT2D eigenvalue weighted by Crippen LogP contribution is 2.13. The zero-order valence-electron chi connectivity index (χ0n) is 8.72. The molecule has 0 rings (SSSR count). The minimum absolute atomic E-state index is 0.232. The van der Waals surface area contributed by atoms with Gasteiger partial charge in [0.2, 0.25) is 0 Å². The molecule has 76 valence electrons. The Morgan fingerprint density at radius 3 is 2.23 bits per heavy atom. The summed E-state index contributed by atoms with van der Waals surface area (Å²) in [6.45, 7) is 6.57. The summed E-state index contributed by atoms with van der Waals surface area (Å²) in [4.78, 5) is 11.3. The molecular weight excluding hydrogens is 166 g/mol. The Balaban J connectivity index is 4.28. The van der Waals surface area contributed by atoms with Crippen LogP contribution in [0.3, 0.4) is 0 Å². The van der Waals surface area contributed by atoms with E-state index in [0.717, 1.165) is 24.0 Å². The lowest BCUT2D eigenvalue weighted by molar-refractivity contribution is -0.138. The third kappa shape index (κ3) is 4.08. The third-order valence-electron chi connectivity index (χ3n) is 2.04. The maximum absolute atomic E-state index is 11.3. The van der Waals surface area contributed by atoms with Crippen molar-refractivity contribution in [1.29, 1.82) is 0 Å². The van der Waals surface area contributed by atoms with Crippen molar-refractivity contribution >= 4 is 5.97 Å². The Labute approximate surface area is 79.9 Å². The fourth-order valence-electron chi connectivity index (χ4n) is 1.18. The van der Waals surface area contributed by atoms with Crippen molar-refractivity contribution < 1.29 is 9.53 Å². The summed E-state index contributed by atoms with van der Waals surface area (Å²) >= 11 is 0. The normalized spacial score (nSPS) is 9.54. The van der Waals surface area contributed by atoms with Crippen molar-refractivity contribution in [3.8, 4) is 0 Å². The minimum Gasteiger partial charge on any atom is -0.461 e. The Morgan fingerprint density at radius 1 is 1.31 bits per heavy atom. The SMILES string of the molecule is CCC(CC)=C(C)C(=O)OCCN. The van der Waals surface area contributed by atoms with Gasteiger partial charge in [0.15, 0.2) is 0 Å². The van der Waals surface area contributed by atoms with Crippen LogP contribution in [0.1, 0.15) is 33.6 Å². The molecule has 0 radical (unpaired) electrons. The van der Waals surface area contributed by atoms with Gasteiger partial charge in [-0.1, -0.05) is 19.4 Å². The number of rotatable bonds is 5. The van der Waals surface area contributed by atoms with Crippen LogP contribution in [0.25, 0.3) is 0 Å². The lowest BCUT2D eigenvalue weighted by Gasteiger charge is -2.07. The molecule has 0 aromatic carbocycles. The smallest absolute Gasteiger partial charge is 0.333 e. The number of nitrogens with two attached hydrogens (primary N) is 1. The predicted molar refractivity (Wildman–Crippen MR) is 53.3 cm³/mol. The van der Waals surface area contributed by atoms with Crippen molar-refractivity contribution in [3.63, 3.8) is 0 Å². The van der Waals surface area contributed by atoms with E-state index in [1.165, 1.54) is 0 Å². The first kappa shape index (κ1) is 12.2. The second-order valence-corrected chi connectivity index (χ2v) is 2.86. The molecule has 0 spiro atoms. The molecule has 0 aliphatic rings. The number of hydrogen-bond acceptors (Lipinski definition) is 3. The van der Waals surface area contributed by atoms with Crippen molar-refractivity contribution in [3.05, 3.63) is 11.1 Å². The number of esters is 1. The molecule has 0 fully saturated rings. The Hall–Kier alpha value is -0.830. The maximum Gasteiger partial charge on any atom is 0.333 e. The molecule has 0 saturated carbocycles. The largest absolute Gasteiger partial charge is 0.461 e. The minimum atomic E-state index is -0.232. The Bertz CT molecular complexity index is 191. The quantitative estimate of drug-likeness (QED) is 0.523. The van der Waals surface area contributed by atoms with Gasteiger partial charge in [0.1, 0.15) is 6.61 Å². The first-order chi connectivity index (χ1) is 6.17. The molecule has 0 aliphatic carbocycles. The summed E-state index contributed by atoms with van der Waals surface area (Å²) < 4.78 is 4.92. The van der Waals surface area contributed by atoms with E-state index in [4.69, 9.17) is 10.5 Å². The summed E-state index contributed by atoms with van der Waals surface area (Å²) in [6.07, 6.45) is 1.81. The van der Waals surface area contributed by atoms with Gasteiger partial charge in [0.05, 0.1) is 0 Å². The monoisotopic (exact) mass is 185 g/mol. The number of carbonyl (C=O) groups is 1. The van der Waals surface area contributed by atoms with E-state index in [1.54, 1.807) is 6.92 Å². The van der Waals surface area contributed by atoms with Crippen LogP contribution in [0.2, 0.25) is 0 Å². The highest BCUT2D eigenvalue weighted by atomic mass is 16.5. The molecular formula is C10H19NO2. The number of ether oxygens (including phenoxy) is 1. The van der Waals surface area contributed by atoms with Crippen molar-refractivity contribution in [2.24, 2.45) is 5.73 Å². The van der Waals surface area contributed by atoms with Crippen LogP contribution in [-0.4, -0.2) is 19.1 Å². The third-order valence-corrected chi connectivity index (χ3v) is 2.04. The summed E-state index contributed by atoms with van der Waals surface area (Å²) in [7, 11) is 0. The van der Waals surface area contributed by atoms with Crippen LogP contribution in [0.5, 0.6) is 0 Å². The molecule has 0 saturated heterocycles. The molecule has 0 aromatic rings. The summed E-state index contributed by atoms with van der Waals surface area (Å²) in [5.41, 5.74) is 7.11. The fraction of sp³-hybridized carbons (Fsp3) is 0.700. The molecule has 0 bridgehead atoms. The zero-order valence-corrected chi connectivity index (χ0v) is 8.72. The van der Waals surface area contributed by atoms with Gasteiger partial charge >= 0.3 is 5.97 Å². The molecule has 0 amide bonds. The van der Waals surface area contributed by atoms with Gasteiger partial charge in [0.25, 0.3) is 0 Å². The van der Waals surface area contributed by atoms with Crippen molar-refractivity contribution in [2.75, 3.05) is 13.2 Å². The maximum atomic E-state index is 11.3. The van der Waals surface area contributed by atoms with Crippen LogP contribution >= 0.6 is 0 Å². The van der Waals surface area contributed by atoms with E-state index in [0.29, 0.717) is 13.2 Å². The average molecular weight is 185 g/mol. The summed E-state index contributed by atoms with van der Waals surface area (Å²) in [5.74, 6) is -0.232. The molecule has 3 heteroatoms. The molecule has 2 N–H and O–H groups in total. The fourth-order valence-corrected chi connectivity index (χ4v) is 1.18. The van der Waals surface area contributed by atoms with Crippen LogP contribution < -0.4 is 5.73 Å². The molecule has 3 nitrogen and oxygen atoms in total. The average Bonchev–Trinajstić information content (AvgIpc) is 2.15. The van der Waals surface area contributed by atoms with Crippen LogP contribution in [0.4, 0.5) is 0 Å². The van der Waals surface area contributed by atoms with Gasteiger partial charge in [-0.3, -0.25) is 0 Å². The van der Waals surface area contributed by atoms with Crippen LogP contribution in [0.15, 0.2) is 11.1 Å². The topological polar surface area (TPSA) is 52.3 Å². The first-order valence-corrected chi connectivity index (χ1v) is 4.73. The number of carbonyl (C=O) groups excluding carboxylic acids is 1. The van der Waals surface area contributed by atoms with Gasteiger partial charge in [-0.2, -0.15) is 0 Å².